The van der Waals surface area contributed by atoms with Crippen molar-refractivity contribution in [2.75, 3.05) is 11.9 Å². The molecule has 1 fully saturated rings. The molecule has 1 heterocycles. The monoisotopic (exact) mass is 456 g/mol. The lowest BCUT2D eigenvalue weighted by Crippen LogP contribution is -2.36. The zero-order valence-electron chi connectivity index (χ0n) is 18.7. The quantitative estimate of drug-likeness (QED) is 0.424. The van der Waals surface area contributed by atoms with Crippen LogP contribution < -0.4 is 4.90 Å². The van der Waals surface area contributed by atoms with Crippen LogP contribution in [0.15, 0.2) is 36.4 Å². The SMILES string of the molecule is CCc1cc2c(c(C(F)(F)F)c1)CN(c1cccc([C@H](C(=N)N(C)C=N)C3CCC3)c1)C2=O. The molecule has 0 unspecified atom stereocenters. The Morgan fingerprint density at radius 1 is 1.27 bits per heavy atom. The molecule has 0 aromatic heterocycles. The van der Waals surface area contributed by atoms with E-state index in [1.165, 1.54) is 9.80 Å². The Morgan fingerprint density at radius 2 is 2.00 bits per heavy atom. The number of likely N-dealkylation sites (N-methyl/N-ethyl adjacent to an activating group) is 1. The number of carbonyl (C=O) groups excluding carboxylic acids is 1. The molecule has 1 amide bonds. The van der Waals surface area contributed by atoms with E-state index in [0.717, 1.165) is 37.2 Å². The van der Waals surface area contributed by atoms with Crippen LogP contribution in [0.1, 0.15) is 64.7 Å². The van der Waals surface area contributed by atoms with Crippen molar-refractivity contribution < 1.29 is 18.0 Å². The minimum Gasteiger partial charge on any atom is -0.324 e. The van der Waals surface area contributed by atoms with E-state index < -0.39 is 17.6 Å². The molecule has 0 bridgehead atoms. The number of nitrogens with zero attached hydrogens (tertiary/aromatic N) is 2. The lowest BCUT2D eigenvalue weighted by Gasteiger charge is -2.36. The standard InChI is InChI=1S/C25H27F3N4O/c1-3-15-10-19-20(21(11-15)25(26,27)28)13-32(24(19)33)18-9-5-8-17(12-18)22(16-6-4-7-16)23(30)31(2)14-29/h5,8-12,14,16,22,29-30H,3-4,6-7,13H2,1-2H3/t22-/m1/s1. The number of hydrogen-bond donors (Lipinski definition) is 2. The fourth-order valence-electron chi connectivity index (χ4n) is 4.74. The molecular formula is C25H27F3N4O. The Kier molecular flexibility index (Phi) is 6.03. The number of rotatable bonds is 6. The van der Waals surface area contributed by atoms with E-state index in [0.29, 0.717) is 23.5 Å². The zero-order valence-corrected chi connectivity index (χ0v) is 18.7. The molecule has 2 N–H and O–H groups in total. The molecule has 1 aliphatic carbocycles. The molecule has 0 saturated heterocycles. The first-order valence-corrected chi connectivity index (χ1v) is 11.1. The molecule has 5 nitrogen and oxygen atoms in total. The van der Waals surface area contributed by atoms with Crippen molar-refractivity contribution in [1.29, 1.82) is 10.8 Å². The van der Waals surface area contributed by atoms with E-state index in [4.69, 9.17) is 10.8 Å². The summed E-state index contributed by atoms with van der Waals surface area (Å²) >= 11 is 0. The molecule has 1 atom stereocenters. The third-order valence-corrected chi connectivity index (χ3v) is 6.85. The highest BCUT2D eigenvalue weighted by atomic mass is 19.4. The largest absolute Gasteiger partial charge is 0.416 e. The van der Waals surface area contributed by atoms with Gasteiger partial charge in [-0.15, -0.1) is 0 Å². The van der Waals surface area contributed by atoms with Gasteiger partial charge in [0.15, 0.2) is 0 Å². The first kappa shape index (κ1) is 23.0. The molecule has 1 saturated carbocycles. The van der Waals surface area contributed by atoms with Crippen molar-refractivity contribution in [2.45, 2.75) is 51.2 Å². The maximum absolute atomic E-state index is 13.7. The number of amides is 1. The third kappa shape index (κ3) is 4.14. The predicted molar refractivity (Wildman–Crippen MR) is 122 cm³/mol. The Bertz CT molecular complexity index is 1110. The summed E-state index contributed by atoms with van der Waals surface area (Å²) in [5.41, 5.74) is 1.23. The maximum atomic E-state index is 13.7. The normalized spacial score (nSPS) is 16.9. The first-order valence-electron chi connectivity index (χ1n) is 11.1. The number of nitrogens with one attached hydrogen (secondary N) is 2. The minimum absolute atomic E-state index is 0.0157. The summed E-state index contributed by atoms with van der Waals surface area (Å²) in [5.74, 6) is -0.0990. The van der Waals surface area contributed by atoms with Gasteiger partial charge in [-0.25, -0.2) is 0 Å². The topological polar surface area (TPSA) is 71.2 Å². The fraction of sp³-hybridized carbons (Fsp3) is 0.400. The number of fused-ring (bicyclic) bond motifs is 1. The zero-order chi connectivity index (χ0) is 23.9. The van der Waals surface area contributed by atoms with Crippen LogP contribution in [0.2, 0.25) is 0 Å². The highest BCUT2D eigenvalue weighted by molar-refractivity contribution is 6.10. The number of halogens is 3. The second-order valence-electron chi connectivity index (χ2n) is 8.80. The van der Waals surface area contributed by atoms with Gasteiger partial charge in [-0.3, -0.25) is 15.6 Å². The molecule has 2 aromatic carbocycles. The Hall–Kier alpha value is -3.16. The van der Waals surface area contributed by atoms with E-state index in [9.17, 15) is 18.0 Å². The van der Waals surface area contributed by atoms with Crippen LogP contribution in [0, 0.1) is 16.7 Å². The summed E-state index contributed by atoms with van der Waals surface area (Å²) in [4.78, 5) is 16.1. The Morgan fingerprint density at radius 3 is 2.58 bits per heavy atom. The molecule has 1 aliphatic heterocycles. The molecular weight excluding hydrogens is 429 g/mol. The number of amidine groups is 1. The number of hydrogen-bond acceptors (Lipinski definition) is 3. The van der Waals surface area contributed by atoms with Crippen LogP contribution in [0.4, 0.5) is 18.9 Å². The molecule has 174 valence electrons. The first-order chi connectivity index (χ1) is 15.7. The van der Waals surface area contributed by atoms with Crippen LogP contribution >= 0.6 is 0 Å². The van der Waals surface area contributed by atoms with Crippen molar-refractivity contribution in [1.82, 2.24) is 4.90 Å². The number of benzene rings is 2. The molecule has 0 spiro atoms. The van der Waals surface area contributed by atoms with Crippen LogP contribution in [-0.2, 0) is 19.1 Å². The van der Waals surface area contributed by atoms with Crippen LogP contribution in [0.3, 0.4) is 0 Å². The van der Waals surface area contributed by atoms with E-state index in [-0.39, 0.29) is 29.5 Å². The number of carbonyl (C=O) groups is 1. The third-order valence-electron chi connectivity index (χ3n) is 6.85. The van der Waals surface area contributed by atoms with E-state index in [1.807, 2.05) is 12.1 Å². The summed E-state index contributed by atoms with van der Waals surface area (Å²) in [7, 11) is 1.66. The van der Waals surface area contributed by atoms with Crippen LogP contribution in [0.25, 0.3) is 0 Å². The summed E-state index contributed by atoms with van der Waals surface area (Å²) in [5, 5.41) is 16.1. The van der Waals surface area contributed by atoms with Gasteiger partial charge in [0, 0.05) is 24.2 Å². The average molecular weight is 457 g/mol. The summed E-state index contributed by atoms with van der Waals surface area (Å²) < 4.78 is 41.2. The van der Waals surface area contributed by atoms with Crippen molar-refractivity contribution in [2.24, 2.45) is 5.92 Å². The number of alkyl halides is 3. The van der Waals surface area contributed by atoms with Gasteiger partial charge < -0.3 is 9.80 Å². The van der Waals surface area contributed by atoms with Gasteiger partial charge in [0.2, 0.25) is 0 Å². The lowest BCUT2D eigenvalue weighted by atomic mass is 9.72. The Balaban J connectivity index is 1.72. The predicted octanol–water partition coefficient (Wildman–Crippen LogP) is 5.83. The van der Waals surface area contributed by atoms with Crippen molar-refractivity contribution in [3.8, 4) is 0 Å². The fourth-order valence-corrected chi connectivity index (χ4v) is 4.74. The summed E-state index contributed by atoms with van der Waals surface area (Å²) in [6, 6.07) is 9.93. The minimum atomic E-state index is -4.53. The summed E-state index contributed by atoms with van der Waals surface area (Å²) in [6.45, 7) is 1.63. The van der Waals surface area contributed by atoms with Gasteiger partial charge in [-0.2, -0.15) is 13.2 Å². The van der Waals surface area contributed by atoms with Crippen LogP contribution in [-0.4, -0.2) is 30.0 Å². The molecule has 8 heteroatoms. The highest BCUT2D eigenvalue weighted by Gasteiger charge is 2.41. The maximum Gasteiger partial charge on any atom is 0.416 e. The average Bonchev–Trinajstić information content (AvgIpc) is 3.10. The van der Waals surface area contributed by atoms with Crippen molar-refractivity contribution in [3.63, 3.8) is 0 Å². The van der Waals surface area contributed by atoms with Gasteiger partial charge in [0.05, 0.1) is 18.4 Å². The molecule has 0 radical (unpaired) electrons. The van der Waals surface area contributed by atoms with Gasteiger partial charge >= 0.3 is 6.18 Å². The van der Waals surface area contributed by atoms with Gasteiger partial charge in [-0.1, -0.05) is 25.5 Å². The smallest absolute Gasteiger partial charge is 0.324 e. The van der Waals surface area contributed by atoms with Crippen molar-refractivity contribution in [3.05, 3.63) is 64.2 Å². The highest BCUT2D eigenvalue weighted by Crippen LogP contribution is 2.43. The van der Waals surface area contributed by atoms with Gasteiger partial charge in [0.25, 0.3) is 5.91 Å². The molecule has 2 aromatic rings. The van der Waals surface area contributed by atoms with E-state index in [2.05, 4.69) is 0 Å². The second-order valence-corrected chi connectivity index (χ2v) is 8.80. The molecule has 33 heavy (non-hydrogen) atoms. The summed E-state index contributed by atoms with van der Waals surface area (Å²) in [6.07, 6.45) is 0.0165. The Labute approximate surface area is 191 Å². The van der Waals surface area contributed by atoms with Gasteiger partial charge in [0.1, 0.15) is 5.84 Å². The van der Waals surface area contributed by atoms with E-state index in [1.54, 1.807) is 32.2 Å². The van der Waals surface area contributed by atoms with E-state index >= 15 is 0 Å². The second kappa shape index (κ2) is 8.65. The molecule has 2 aliphatic rings. The van der Waals surface area contributed by atoms with Crippen molar-refractivity contribution >= 4 is 23.8 Å². The molecule has 4 rings (SSSR count). The number of anilines is 1. The van der Waals surface area contributed by atoms with Gasteiger partial charge in [-0.05, 0) is 66.1 Å². The number of aryl methyl sites for hydroxylation is 1. The van der Waals surface area contributed by atoms with Crippen LogP contribution in [0.5, 0.6) is 0 Å². The lowest BCUT2D eigenvalue weighted by molar-refractivity contribution is -0.138.